The van der Waals surface area contributed by atoms with Crippen LogP contribution >= 0.6 is 0 Å². The van der Waals surface area contributed by atoms with Crippen molar-refractivity contribution in [1.29, 1.82) is 0 Å². The molecule has 0 aromatic carbocycles. The van der Waals surface area contributed by atoms with Gasteiger partial charge in [0, 0.05) is 6.42 Å². The van der Waals surface area contributed by atoms with Crippen molar-refractivity contribution in [2.45, 2.75) is 30.7 Å². The SMILES string of the molecule is O=C1N[C@H](CO)C[C@]1(F)CC(F)(F)F. The molecular weight excluding hydrogens is 206 g/mol. The average molecular weight is 215 g/mol. The highest BCUT2D eigenvalue weighted by Crippen LogP contribution is 2.36. The highest BCUT2D eigenvalue weighted by atomic mass is 19.4. The molecule has 0 spiro atoms. The highest BCUT2D eigenvalue weighted by Gasteiger charge is 2.53. The number of amides is 1. The van der Waals surface area contributed by atoms with Crippen LogP contribution in [0.25, 0.3) is 0 Å². The summed E-state index contributed by atoms with van der Waals surface area (Å²) >= 11 is 0. The number of alkyl halides is 4. The van der Waals surface area contributed by atoms with E-state index in [2.05, 4.69) is 0 Å². The first-order chi connectivity index (χ1) is 6.27. The lowest BCUT2D eigenvalue weighted by Crippen LogP contribution is -2.38. The zero-order chi connectivity index (χ0) is 11.0. The van der Waals surface area contributed by atoms with E-state index in [1.54, 1.807) is 0 Å². The van der Waals surface area contributed by atoms with Crippen molar-refractivity contribution in [3.8, 4) is 0 Å². The van der Waals surface area contributed by atoms with Gasteiger partial charge in [0.2, 0.25) is 0 Å². The fourth-order valence-electron chi connectivity index (χ4n) is 1.43. The van der Waals surface area contributed by atoms with Crippen LogP contribution < -0.4 is 5.32 Å². The molecule has 14 heavy (non-hydrogen) atoms. The van der Waals surface area contributed by atoms with Crippen LogP contribution in [0.3, 0.4) is 0 Å². The van der Waals surface area contributed by atoms with E-state index in [1.165, 1.54) is 0 Å². The predicted octanol–water partition coefficient (Wildman–Crippen LogP) is 0.528. The van der Waals surface area contributed by atoms with Gasteiger partial charge in [-0.2, -0.15) is 13.2 Å². The van der Waals surface area contributed by atoms with Crippen molar-refractivity contribution < 1.29 is 27.5 Å². The van der Waals surface area contributed by atoms with Gasteiger partial charge in [-0.1, -0.05) is 0 Å². The van der Waals surface area contributed by atoms with Gasteiger partial charge in [0.25, 0.3) is 5.91 Å². The Labute approximate surface area is 77.1 Å². The maximum atomic E-state index is 13.4. The molecule has 0 aromatic rings. The van der Waals surface area contributed by atoms with Crippen molar-refractivity contribution in [1.82, 2.24) is 5.32 Å². The second-order valence-electron chi connectivity index (χ2n) is 3.31. The Kier molecular flexibility index (Phi) is 2.71. The summed E-state index contributed by atoms with van der Waals surface area (Å²) in [4.78, 5) is 10.8. The van der Waals surface area contributed by atoms with Crippen LogP contribution in [0.4, 0.5) is 17.6 Å². The van der Waals surface area contributed by atoms with E-state index in [1.807, 2.05) is 5.32 Å². The van der Waals surface area contributed by atoms with Gasteiger partial charge < -0.3 is 10.4 Å². The second kappa shape index (κ2) is 3.38. The van der Waals surface area contributed by atoms with Crippen molar-refractivity contribution in [2.75, 3.05) is 6.61 Å². The quantitative estimate of drug-likeness (QED) is 0.660. The van der Waals surface area contributed by atoms with Gasteiger partial charge in [-0.3, -0.25) is 4.79 Å². The molecular formula is C7H9F4NO2. The number of hydrogen-bond donors (Lipinski definition) is 2. The van der Waals surface area contributed by atoms with E-state index in [4.69, 9.17) is 5.11 Å². The number of rotatable bonds is 2. The smallest absolute Gasteiger partial charge is 0.392 e. The first-order valence-electron chi connectivity index (χ1n) is 3.94. The molecule has 7 heteroatoms. The second-order valence-corrected chi connectivity index (χ2v) is 3.31. The molecule has 1 fully saturated rings. The van der Waals surface area contributed by atoms with Gasteiger partial charge in [-0.05, 0) is 0 Å². The molecule has 0 saturated carbocycles. The number of hydrogen-bond acceptors (Lipinski definition) is 2. The molecule has 1 rings (SSSR count). The summed E-state index contributed by atoms with van der Waals surface area (Å²) in [6, 6.07) is -0.921. The normalized spacial score (nSPS) is 33.2. The van der Waals surface area contributed by atoms with Crippen LogP contribution in [0.5, 0.6) is 0 Å². The molecule has 0 bridgehead atoms. The molecule has 2 atom stereocenters. The Balaban J connectivity index is 2.70. The summed E-state index contributed by atoms with van der Waals surface area (Å²) in [5.41, 5.74) is -2.92. The third-order valence-corrected chi connectivity index (χ3v) is 2.01. The largest absolute Gasteiger partial charge is 0.394 e. The van der Waals surface area contributed by atoms with Crippen molar-refractivity contribution in [3.05, 3.63) is 0 Å². The fraction of sp³-hybridized carbons (Fsp3) is 0.857. The Morgan fingerprint density at radius 2 is 2.14 bits per heavy atom. The van der Waals surface area contributed by atoms with Crippen molar-refractivity contribution in [3.63, 3.8) is 0 Å². The molecule has 2 N–H and O–H groups in total. The molecule has 1 saturated heterocycles. The van der Waals surface area contributed by atoms with Crippen LogP contribution in [0.2, 0.25) is 0 Å². The number of halogens is 4. The minimum absolute atomic E-state index is 0.560. The summed E-state index contributed by atoms with van der Waals surface area (Å²) in [6.45, 7) is -0.560. The molecule has 1 amide bonds. The zero-order valence-corrected chi connectivity index (χ0v) is 7.07. The summed E-state index contributed by atoms with van der Waals surface area (Å²) in [5, 5.41) is 10.5. The highest BCUT2D eigenvalue weighted by molar-refractivity contribution is 5.87. The van der Waals surface area contributed by atoms with Crippen LogP contribution in [0.1, 0.15) is 12.8 Å². The third kappa shape index (κ3) is 2.34. The Bertz CT molecular complexity index is 242. The molecule has 0 aliphatic carbocycles. The minimum Gasteiger partial charge on any atom is -0.394 e. The molecule has 1 aliphatic heterocycles. The molecule has 1 aliphatic rings. The Morgan fingerprint density at radius 1 is 1.57 bits per heavy atom. The van der Waals surface area contributed by atoms with Gasteiger partial charge in [-0.15, -0.1) is 0 Å². The van der Waals surface area contributed by atoms with E-state index in [0.717, 1.165) is 0 Å². The minimum atomic E-state index is -4.73. The molecule has 0 aromatic heterocycles. The molecule has 0 radical (unpaired) electrons. The van der Waals surface area contributed by atoms with Gasteiger partial charge in [0.1, 0.15) is 0 Å². The van der Waals surface area contributed by atoms with E-state index < -0.39 is 43.2 Å². The Morgan fingerprint density at radius 3 is 2.50 bits per heavy atom. The lowest BCUT2D eigenvalue weighted by molar-refractivity contribution is -0.168. The molecule has 0 unspecified atom stereocenters. The third-order valence-electron chi connectivity index (χ3n) is 2.01. The van der Waals surface area contributed by atoms with E-state index in [0.29, 0.717) is 0 Å². The first kappa shape index (κ1) is 11.2. The van der Waals surface area contributed by atoms with E-state index in [9.17, 15) is 22.4 Å². The lowest BCUT2D eigenvalue weighted by atomic mass is 9.97. The monoisotopic (exact) mass is 215 g/mol. The van der Waals surface area contributed by atoms with Gasteiger partial charge in [0.05, 0.1) is 19.1 Å². The van der Waals surface area contributed by atoms with Crippen LogP contribution in [-0.4, -0.2) is 35.5 Å². The average Bonchev–Trinajstić information content (AvgIpc) is 2.24. The van der Waals surface area contributed by atoms with Crippen LogP contribution in [-0.2, 0) is 4.79 Å². The van der Waals surface area contributed by atoms with Gasteiger partial charge >= 0.3 is 6.18 Å². The van der Waals surface area contributed by atoms with Gasteiger partial charge in [0.15, 0.2) is 5.67 Å². The predicted molar refractivity (Wildman–Crippen MR) is 38.1 cm³/mol. The maximum absolute atomic E-state index is 13.4. The molecule has 3 nitrogen and oxygen atoms in total. The first-order valence-corrected chi connectivity index (χ1v) is 3.94. The van der Waals surface area contributed by atoms with Gasteiger partial charge in [-0.25, -0.2) is 4.39 Å². The van der Waals surface area contributed by atoms with E-state index >= 15 is 0 Å². The molecule has 1 heterocycles. The maximum Gasteiger partial charge on any atom is 0.392 e. The lowest BCUT2D eigenvalue weighted by Gasteiger charge is -2.17. The van der Waals surface area contributed by atoms with Crippen LogP contribution in [0.15, 0.2) is 0 Å². The fourth-order valence-corrected chi connectivity index (χ4v) is 1.43. The summed E-state index contributed by atoms with van der Waals surface area (Å²) in [7, 11) is 0. The standard InChI is InChI=1S/C7H9F4NO2/c8-6(3-7(9,10)11)1-4(2-13)12-5(6)14/h4,13H,1-3H2,(H,12,14)/t4-,6-/m0/s1. The Hall–Kier alpha value is -0.850. The number of aliphatic hydroxyl groups excluding tert-OH is 1. The zero-order valence-electron chi connectivity index (χ0n) is 7.07. The number of nitrogens with one attached hydrogen (secondary N) is 1. The number of carbonyl (C=O) groups is 1. The summed E-state index contributed by atoms with van der Waals surface area (Å²) in [5.74, 6) is -1.30. The van der Waals surface area contributed by atoms with Crippen molar-refractivity contribution >= 4 is 5.91 Å². The van der Waals surface area contributed by atoms with Crippen LogP contribution in [0, 0.1) is 0 Å². The number of aliphatic hydroxyl groups is 1. The topological polar surface area (TPSA) is 49.3 Å². The summed E-state index contributed by atoms with van der Waals surface area (Å²) < 4.78 is 49.0. The summed E-state index contributed by atoms with van der Waals surface area (Å²) in [6.07, 6.45) is -7.17. The molecule has 82 valence electrons. The van der Waals surface area contributed by atoms with E-state index in [-0.39, 0.29) is 0 Å². The van der Waals surface area contributed by atoms with Crippen molar-refractivity contribution in [2.24, 2.45) is 0 Å². The number of carbonyl (C=O) groups excluding carboxylic acids is 1.